The Labute approximate surface area is 120 Å². The highest BCUT2D eigenvalue weighted by Crippen LogP contribution is 2.24. The van der Waals surface area contributed by atoms with Crippen LogP contribution in [0.5, 0.6) is 5.75 Å². The molecule has 19 heavy (non-hydrogen) atoms. The van der Waals surface area contributed by atoms with Crippen molar-refractivity contribution < 1.29 is 9.26 Å². The second kappa shape index (κ2) is 6.68. The minimum absolute atomic E-state index is 0.156. The number of benzene rings is 1. The van der Waals surface area contributed by atoms with Gasteiger partial charge in [0.25, 0.3) is 0 Å². The molecule has 102 valence electrons. The summed E-state index contributed by atoms with van der Waals surface area (Å²) in [5, 5.41) is 3.69. The summed E-state index contributed by atoms with van der Waals surface area (Å²) < 4.78 is 11.3. The highest BCUT2D eigenvalue weighted by molar-refractivity contribution is 9.10. The van der Waals surface area contributed by atoms with Gasteiger partial charge in [0, 0.05) is 10.5 Å². The van der Waals surface area contributed by atoms with Gasteiger partial charge in [-0.3, -0.25) is 0 Å². The third-order valence-electron chi connectivity index (χ3n) is 2.80. The van der Waals surface area contributed by atoms with E-state index in [0.29, 0.717) is 5.82 Å². The Balaban J connectivity index is 2.03. The van der Waals surface area contributed by atoms with Crippen LogP contribution in [-0.4, -0.2) is 16.2 Å². The zero-order valence-corrected chi connectivity index (χ0v) is 12.3. The predicted octanol–water partition coefficient (Wildman–Crippen LogP) is 2.69. The molecule has 2 rings (SSSR count). The molecule has 0 aliphatic carbocycles. The Morgan fingerprint density at radius 2 is 2.32 bits per heavy atom. The highest BCUT2D eigenvalue weighted by Gasteiger charge is 2.08. The smallest absolute Gasteiger partial charge is 0.213 e. The van der Waals surface area contributed by atoms with Crippen molar-refractivity contribution in [3.8, 4) is 5.75 Å². The average Bonchev–Trinajstić information content (AvgIpc) is 2.92. The third-order valence-corrected chi connectivity index (χ3v) is 3.57. The zero-order valence-electron chi connectivity index (χ0n) is 10.7. The summed E-state index contributed by atoms with van der Waals surface area (Å²) in [5.41, 5.74) is 7.12. The van der Waals surface area contributed by atoms with Crippen LogP contribution in [0.25, 0.3) is 0 Å². The molecule has 0 aliphatic heterocycles. The standard InChI is InChI=1S/C13H16BrN3O2/c1-2-10(15)5-9-6-11(3-4-12(9)14)18-7-13-16-8-19-17-13/h3-4,6,8,10H,2,5,7,15H2,1H3. The van der Waals surface area contributed by atoms with Gasteiger partial charge in [-0.15, -0.1) is 0 Å². The Kier molecular flexibility index (Phi) is 4.93. The van der Waals surface area contributed by atoms with Crippen molar-refractivity contribution in [2.75, 3.05) is 0 Å². The molecule has 2 N–H and O–H groups in total. The van der Waals surface area contributed by atoms with E-state index in [2.05, 4.69) is 37.5 Å². The summed E-state index contributed by atoms with van der Waals surface area (Å²) in [4.78, 5) is 3.90. The SMILES string of the molecule is CCC(N)Cc1cc(OCc2ncon2)ccc1Br. The molecule has 1 heterocycles. The number of hydrogen-bond acceptors (Lipinski definition) is 5. The monoisotopic (exact) mass is 325 g/mol. The molecule has 2 aromatic rings. The van der Waals surface area contributed by atoms with Crippen LogP contribution in [0.15, 0.2) is 33.6 Å². The van der Waals surface area contributed by atoms with Gasteiger partial charge in [-0.2, -0.15) is 4.98 Å². The van der Waals surface area contributed by atoms with Crippen LogP contribution in [0.3, 0.4) is 0 Å². The van der Waals surface area contributed by atoms with Crippen LogP contribution < -0.4 is 10.5 Å². The molecule has 1 aromatic carbocycles. The summed E-state index contributed by atoms with van der Waals surface area (Å²) >= 11 is 3.53. The quantitative estimate of drug-likeness (QED) is 0.883. The lowest BCUT2D eigenvalue weighted by Gasteiger charge is -2.12. The van der Waals surface area contributed by atoms with E-state index in [1.165, 1.54) is 6.39 Å². The minimum atomic E-state index is 0.156. The largest absolute Gasteiger partial charge is 0.485 e. The Hall–Kier alpha value is -1.40. The average molecular weight is 326 g/mol. The fourth-order valence-corrected chi connectivity index (χ4v) is 2.04. The van der Waals surface area contributed by atoms with E-state index < -0.39 is 0 Å². The van der Waals surface area contributed by atoms with E-state index in [0.717, 1.165) is 28.6 Å². The van der Waals surface area contributed by atoms with Gasteiger partial charge in [-0.1, -0.05) is 28.0 Å². The number of aromatic nitrogens is 2. The lowest BCUT2D eigenvalue weighted by atomic mass is 10.0. The number of halogens is 1. The maximum Gasteiger partial charge on any atom is 0.213 e. The van der Waals surface area contributed by atoms with Gasteiger partial charge in [0.15, 0.2) is 6.61 Å². The Morgan fingerprint density at radius 1 is 1.47 bits per heavy atom. The summed E-state index contributed by atoms with van der Waals surface area (Å²) in [6.45, 7) is 2.37. The van der Waals surface area contributed by atoms with Crippen molar-refractivity contribution in [3.63, 3.8) is 0 Å². The second-order valence-electron chi connectivity index (χ2n) is 4.26. The van der Waals surface area contributed by atoms with E-state index in [1.54, 1.807) is 0 Å². The molecule has 0 saturated heterocycles. The molecule has 0 saturated carbocycles. The topological polar surface area (TPSA) is 74.2 Å². The van der Waals surface area contributed by atoms with Crippen LogP contribution in [0, 0.1) is 0 Å². The zero-order chi connectivity index (χ0) is 13.7. The molecule has 0 bridgehead atoms. The predicted molar refractivity (Wildman–Crippen MR) is 74.7 cm³/mol. The van der Waals surface area contributed by atoms with Gasteiger partial charge >= 0.3 is 0 Å². The third kappa shape index (κ3) is 4.04. The van der Waals surface area contributed by atoms with E-state index in [-0.39, 0.29) is 12.6 Å². The number of rotatable bonds is 6. The van der Waals surface area contributed by atoms with E-state index in [9.17, 15) is 0 Å². The van der Waals surface area contributed by atoms with Gasteiger partial charge < -0.3 is 15.0 Å². The molecule has 0 radical (unpaired) electrons. The molecule has 0 fully saturated rings. The van der Waals surface area contributed by atoms with Crippen LogP contribution in [0.4, 0.5) is 0 Å². The molecule has 6 heteroatoms. The summed E-state index contributed by atoms with van der Waals surface area (Å²) in [7, 11) is 0. The molecule has 5 nitrogen and oxygen atoms in total. The fourth-order valence-electron chi connectivity index (χ4n) is 1.63. The first-order chi connectivity index (χ1) is 9.19. The molecule has 1 atom stereocenters. The van der Waals surface area contributed by atoms with Crippen molar-refractivity contribution >= 4 is 15.9 Å². The Morgan fingerprint density at radius 3 is 3.00 bits per heavy atom. The normalized spacial score (nSPS) is 12.4. The number of ether oxygens (including phenoxy) is 1. The van der Waals surface area contributed by atoms with Crippen LogP contribution in [0.1, 0.15) is 24.7 Å². The molecule has 1 aromatic heterocycles. The summed E-state index contributed by atoms with van der Waals surface area (Å²) in [5.74, 6) is 1.29. The first-order valence-corrected chi connectivity index (χ1v) is 6.90. The van der Waals surface area contributed by atoms with Crippen molar-refractivity contribution in [1.82, 2.24) is 10.1 Å². The van der Waals surface area contributed by atoms with Crippen molar-refractivity contribution in [1.29, 1.82) is 0 Å². The molecule has 0 amide bonds. The highest BCUT2D eigenvalue weighted by atomic mass is 79.9. The maximum atomic E-state index is 5.98. The minimum Gasteiger partial charge on any atom is -0.485 e. The molecule has 1 unspecified atom stereocenters. The summed E-state index contributed by atoms with van der Waals surface area (Å²) in [6, 6.07) is 6.00. The lowest BCUT2D eigenvalue weighted by Crippen LogP contribution is -2.21. The van der Waals surface area contributed by atoms with Crippen molar-refractivity contribution in [2.24, 2.45) is 5.73 Å². The Bertz CT molecular complexity index is 517. The lowest BCUT2D eigenvalue weighted by molar-refractivity contribution is 0.286. The van der Waals surface area contributed by atoms with Gasteiger partial charge in [0.05, 0.1) is 0 Å². The van der Waals surface area contributed by atoms with E-state index in [4.69, 9.17) is 10.5 Å². The molecular formula is C13H16BrN3O2. The summed E-state index contributed by atoms with van der Waals surface area (Å²) in [6.07, 6.45) is 3.04. The van der Waals surface area contributed by atoms with Gasteiger partial charge in [-0.05, 0) is 36.6 Å². The van der Waals surface area contributed by atoms with Gasteiger partial charge in [0.1, 0.15) is 5.75 Å². The van der Waals surface area contributed by atoms with Gasteiger partial charge in [0.2, 0.25) is 12.2 Å². The molecular weight excluding hydrogens is 310 g/mol. The fraction of sp³-hybridized carbons (Fsp3) is 0.385. The van der Waals surface area contributed by atoms with Crippen LogP contribution in [0.2, 0.25) is 0 Å². The first-order valence-electron chi connectivity index (χ1n) is 6.11. The maximum absolute atomic E-state index is 5.98. The van der Waals surface area contributed by atoms with E-state index >= 15 is 0 Å². The molecule has 0 aliphatic rings. The van der Waals surface area contributed by atoms with Crippen LogP contribution in [-0.2, 0) is 13.0 Å². The van der Waals surface area contributed by atoms with Crippen LogP contribution >= 0.6 is 15.9 Å². The van der Waals surface area contributed by atoms with Crippen molar-refractivity contribution in [3.05, 3.63) is 40.5 Å². The van der Waals surface area contributed by atoms with Crippen molar-refractivity contribution in [2.45, 2.75) is 32.4 Å². The van der Waals surface area contributed by atoms with E-state index in [1.807, 2.05) is 18.2 Å². The first kappa shape index (κ1) is 14.0. The second-order valence-corrected chi connectivity index (χ2v) is 5.12. The van der Waals surface area contributed by atoms with Gasteiger partial charge in [-0.25, -0.2) is 0 Å². The number of hydrogen-bond donors (Lipinski definition) is 1. The number of nitrogens with two attached hydrogens (primary N) is 1. The molecule has 0 spiro atoms. The number of nitrogens with zero attached hydrogens (tertiary/aromatic N) is 2.